The van der Waals surface area contributed by atoms with Gasteiger partial charge in [0.25, 0.3) is 0 Å². The molecule has 2 heterocycles. The zero-order valence-corrected chi connectivity index (χ0v) is 21.4. The molecule has 0 aliphatic carbocycles. The summed E-state index contributed by atoms with van der Waals surface area (Å²) in [6.45, 7) is 9.84. The zero-order valence-electron chi connectivity index (χ0n) is 19.7. The van der Waals surface area contributed by atoms with Crippen molar-refractivity contribution in [1.29, 1.82) is 0 Å². The van der Waals surface area contributed by atoms with Crippen LogP contribution in [0.2, 0.25) is 0 Å². The Morgan fingerprint density at radius 2 is 1.76 bits per heavy atom. The summed E-state index contributed by atoms with van der Waals surface area (Å²) in [5, 5.41) is 4.93. The Kier molecular flexibility index (Phi) is 6.62. The van der Waals surface area contributed by atoms with E-state index < -0.39 is 9.84 Å². The minimum absolute atomic E-state index is 0.00158. The number of aromatic nitrogens is 3. The second-order valence-electron chi connectivity index (χ2n) is 9.71. The third-order valence-electron chi connectivity index (χ3n) is 6.31. The first-order valence-corrected chi connectivity index (χ1v) is 13.6. The van der Waals surface area contributed by atoms with Gasteiger partial charge in [-0.3, -0.25) is 9.47 Å². The minimum atomic E-state index is -2.96. The van der Waals surface area contributed by atoms with Gasteiger partial charge >= 0.3 is 0 Å². The van der Waals surface area contributed by atoms with Gasteiger partial charge in [-0.1, -0.05) is 70.2 Å². The van der Waals surface area contributed by atoms with Gasteiger partial charge in [0.15, 0.2) is 15.7 Å². The molecule has 3 aromatic rings. The normalized spacial score (nSPS) is 18.2. The molecule has 176 valence electrons. The molecule has 1 aliphatic rings. The first-order valence-electron chi connectivity index (χ1n) is 11.4. The molecule has 0 amide bonds. The molecular weight excluding hydrogens is 452 g/mol. The molecule has 1 aliphatic heterocycles. The van der Waals surface area contributed by atoms with Crippen LogP contribution in [0.25, 0.3) is 17.1 Å². The summed E-state index contributed by atoms with van der Waals surface area (Å²) >= 11 is 5.88. The van der Waals surface area contributed by atoms with Gasteiger partial charge < -0.3 is 0 Å². The fourth-order valence-corrected chi connectivity index (χ4v) is 6.38. The third kappa shape index (κ3) is 5.13. The zero-order chi connectivity index (χ0) is 23.8. The predicted octanol–water partition coefficient (Wildman–Crippen LogP) is 4.83. The van der Waals surface area contributed by atoms with Gasteiger partial charge in [-0.05, 0) is 48.3 Å². The van der Waals surface area contributed by atoms with Gasteiger partial charge in [0.2, 0.25) is 4.77 Å². The van der Waals surface area contributed by atoms with Crippen molar-refractivity contribution in [2.75, 3.05) is 18.1 Å². The molecule has 0 unspecified atom stereocenters. The van der Waals surface area contributed by atoms with Crippen molar-refractivity contribution in [1.82, 2.24) is 19.2 Å². The van der Waals surface area contributed by atoms with Crippen LogP contribution in [-0.4, -0.2) is 51.8 Å². The lowest BCUT2D eigenvalue weighted by atomic mass is 9.87. The van der Waals surface area contributed by atoms with Crippen molar-refractivity contribution in [3.63, 3.8) is 0 Å². The molecule has 1 aromatic heterocycles. The summed E-state index contributed by atoms with van der Waals surface area (Å²) in [5.74, 6) is 1.24. The van der Waals surface area contributed by atoms with Gasteiger partial charge in [0.05, 0.1) is 18.2 Å². The lowest BCUT2D eigenvalue weighted by Gasteiger charge is -2.26. The smallest absolute Gasteiger partial charge is 0.204 e. The summed E-state index contributed by atoms with van der Waals surface area (Å²) in [7, 11) is -2.96. The Labute approximate surface area is 201 Å². The van der Waals surface area contributed by atoms with Crippen LogP contribution < -0.4 is 0 Å². The quantitative estimate of drug-likeness (QED) is 0.469. The average molecular weight is 485 g/mol. The second kappa shape index (κ2) is 9.16. The highest BCUT2D eigenvalue weighted by Gasteiger charge is 2.32. The number of nitrogens with zero attached hydrogens (tertiary/aromatic N) is 4. The largest absolute Gasteiger partial charge is 0.281 e. The van der Waals surface area contributed by atoms with Crippen LogP contribution in [0.5, 0.6) is 0 Å². The van der Waals surface area contributed by atoms with Crippen molar-refractivity contribution in [2.45, 2.75) is 52.2 Å². The highest BCUT2D eigenvalue weighted by Crippen LogP contribution is 2.28. The first kappa shape index (κ1) is 23.9. The average Bonchev–Trinajstić information content (AvgIpc) is 3.31. The number of hydrogen-bond donors (Lipinski definition) is 0. The Bertz CT molecular complexity index is 1270. The Morgan fingerprint density at radius 3 is 2.30 bits per heavy atom. The van der Waals surface area contributed by atoms with Crippen LogP contribution >= 0.6 is 12.2 Å². The maximum Gasteiger partial charge on any atom is 0.204 e. The van der Waals surface area contributed by atoms with E-state index >= 15 is 0 Å². The molecule has 4 rings (SSSR count). The number of benzene rings is 2. The van der Waals surface area contributed by atoms with Crippen molar-refractivity contribution in [3.05, 3.63) is 64.9 Å². The van der Waals surface area contributed by atoms with Crippen LogP contribution in [0.15, 0.2) is 54.6 Å². The van der Waals surface area contributed by atoms with E-state index in [2.05, 4.69) is 56.9 Å². The monoisotopic (exact) mass is 484 g/mol. The number of hydrogen-bond acceptors (Lipinski definition) is 5. The predicted molar refractivity (Wildman–Crippen MR) is 136 cm³/mol. The van der Waals surface area contributed by atoms with E-state index in [-0.39, 0.29) is 23.0 Å². The topological polar surface area (TPSA) is 60.1 Å². The summed E-state index contributed by atoms with van der Waals surface area (Å²) < 4.78 is 28.5. The van der Waals surface area contributed by atoms with Gasteiger partial charge in [-0.15, -0.1) is 5.10 Å². The number of sulfone groups is 1. The Balaban J connectivity index is 1.75. The fourth-order valence-electron chi connectivity index (χ4n) is 4.32. The highest BCUT2D eigenvalue weighted by molar-refractivity contribution is 7.91. The molecule has 8 heteroatoms. The maximum absolute atomic E-state index is 12.0. The fraction of sp³-hybridized carbons (Fsp3) is 0.440. The standard InChI is InChI=1S/C25H32N4O2S2/c1-5-27(22-15-16-33(30,31)17-22)18-28-24(32)29(21-9-7-6-8-10-21)23(26-28)19-11-13-20(14-12-19)25(2,3)4/h6-14,22H,5,15-18H2,1-4H3/t22-/m1/s1. The van der Waals surface area contributed by atoms with E-state index in [0.717, 1.165) is 23.6 Å². The molecule has 1 fully saturated rings. The van der Waals surface area contributed by atoms with E-state index in [1.165, 1.54) is 5.56 Å². The molecule has 6 nitrogen and oxygen atoms in total. The van der Waals surface area contributed by atoms with E-state index in [4.69, 9.17) is 17.3 Å². The van der Waals surface area contributed by atoms with E-state index in [1.807, 2.05) is 39.6 Å². The summed E-state index contributed by atoms with van der Waals surface area (Å²) in [6.07, 6.45) is 0.657. The lowest BCUT2D eigenvalue weighted by molar-refractivity contribution is 0.164. The molecule has 0 N–H and O–H groups in total. The molecule has 0 spiro atoms. The van der Waals surface area contributed by atoms with Crippen molar-refractivity contribution in [3.8, 4) is 17.1 Å². The van der Waals surface area contributed by atoms with Crippen LogP contribution in [0.3, 0.4) is 0 Å². The van der Waals surface area contributed by atoms with Crippen molar-refractivity contribution < 1.29 is 8.42 Å². The molecule has 1 saturated heterocycles. The van der Waals surface area contributed by atoms with Crippen LogP contribution in [0.1, 0.15) is 39.7 Å². The lowest BCUT2D eigenvalue weighted by Crippen LogP contribution is -2.37. The van der Waals surface area contributed by atoms with Gasteiger partial charge in [-0.2, -0.15) is 0 Å². The van der Waals surface area contributed by atoms with Crippen molar-refractivity contribution >= 4 is 22.1 Å². The maximum atomic E-state index is 12.0. The molecule has 2 aromatic carbocycles. The highest BCUT2D eigenvalue weighted by atomic mass is 32.2. The molecule has 0 saturated carbocycles. The molecule has 0 radical (unpaired) electrons. The molecule has 1 atom stereocenters. The van der Waals surface area contributed by atoms with E-state index in [9.17, 15) is 8.42 Å². The first-order chi connectivity index (χ1) is 15.6. The second-order valence-corrected chi connectivity index (χ2v) is 12.3. The van der Waals surface area contributed by atoms with Crippen LogP contribution in [0, 0.1) is 4.77 Å². The third-order valence-corrected chi connectivity index (χ3v) is 8.45. The van der Waals surface area contributed by atoms with Crippen LogP contribution in [0.4, 0.5) is 0 Å². The van der Waals surface area contributed by atoms with Crippen LogP contribution in [-0.2, 0) is 21.9 Å². The Morgan fingerprint density at radius 1 is 1.09 bits per heavy atom. The van der Waals surface area contributed by atoms with Crippen molar-refractivity contribution in [2.24, 2.45) is 0 Å². The van der Waals surface area contributed by atoms with Gasteiger partial charge in [-0.25, -0.2) is 13.1 Å². The van der Waals surface area contributed by atoms with E-state index in [0.29, 0.717) is 17.9 Å². The summed E-state index contributed by atoms with van der Waals surface area (Å²) in [6, 6.07) is 18.5. The summed E-state index contributed by atoms with van der Waals surface area (Å²) in [5.41, 5.74) is 3.27. The number of para-hydroxylation sites is 1. The number of rotatable bonds is 6. The molecule has 0 bridgehead atoms. The SMILES string of the molecule is CCN(Cn1nc(-c2ccc(C(C)(C)C)cc2)n(-c2ccccc2)c1=S)[C@@H]1CCS(=O)(=O)C1. The van der Waals surface area contributed by atoms with Gasteiger partial charge in [0.1, 0.15) is 0 Å². The van der Waals surface area contributed by atoms with E-state index in [1.54, 1.807) is 0 Å². The molecular formula is C25H32N4O2S2. The molecule has 33 heavy (non-hydrogen) atoms. The summed E-state index contributed by atoms with van der Waals surface area (Å²) in [4.78, 5) is 2.16. The minimum Gasteiger partial charge on any atom is -0.281 e. The Hall–Kier alpha value is -2.29. The van der Waals surface area contributed by atoms with Gasteiger partial charge in [0, 0.05) is 17.3 Å².